The number of carbonyl (C=O) groups is 1. The van der Waals surface area contributed by atoms with Gasteiger partial charge in [-0.2, -0.15) is 0 Å². The van der Waals surface area contributed by atoms with Gasteiger partial charge in [-0.25, -0.2) is 4.39 Å². The van der Waals surface area contributed by atoms with E-state index < -0.39 is 11.7 Å². The van der Waals surface area contributed by atoms with E-state index in [1.54, 1.807) is 24.3 Å². The SMILES string of the molecule is CCC#CCCOc1cccc(NC(=O)c2ccc3nc(C)ccc3c2)c1F. The third-order valence-corrected chi connectivity index (χ3v) is 4.09. The summed E-state index contributed by atoms with van der Waals surface area (Å²) in [7, 11) is 0. The number of rotatable bonds is 5. The monoisotopic (exact) mass is 376 g/mol. The zero-order valence-corrected chi connectivity index (χ0v) is 15.9. The topological polar surface area (TPSA) is 51.2 Å². The van der Waals surface area contributed by atoms with Crippen molar-refractivity contribution in [3.63, 3.8) is 0 Å². The Kier molecular flexibility index (Phi) is 6.23. The minimum absolute atomic E-state index is 0.0734. The maximum Gasteiger partial charge on any atom is 0.255 e. The zero-order valence-electron chi connectivity index (χ0n) is 15.9. The van der Waals surface area contributed by atoms with Crippen LogP contribution in [0.2, 0.25) is 0 Å². The number of anilines is 1. The highest BCUT2D eigenvalue weighted by molar-refractivity contribution is 6.06. The molecule has 3 rings (SSSR count). The summed E-state index contributed by atoms with van der Waals surface area (Å²) >= 11 is 0. The molecule has 1 N–H and O–H groups in total. The highest BCUT2D eigenvalue weighted by Gasteiger charge is 2.13. The van der Waals surface area contributed by atoms with Gasteiger partial charge in [0.25, 0.3) is 5.91 Å². The molecule has 0 saturated heterocycles. The first-order chi connectivity index (χ1) is 13.6. The number of nitrogens with one attached hydrogen (secondary N) is 1. The molecule has 0 spiro atoms. The fraction of sp³-hybridized carbons (Fsp3) is 0.217. The summed E-state index contributed by atoms with van der Waals surface area (Å²) in [5, 5.41) is 3.46. The Labute approximate surface area is 163 Å². The Bertz CT molecular complexity index is 1070. The Morgan fingerprint density at radius 1 is 1.18 bits per heavy atom. The van der Waals surface area contributed by atoms with E-state index in [4.69, 9.17) is 4.74 Å². The van der Waals surface area contributed by atoms with Crippen molar-refractivity contribution < 1.29 is 13.9 Å². The highest BCUT2D eigenvalue weighted by Crippen LogP contribution is 2.25. The second-order valence-corrected chi connectivity index (χ2v) is 6.24. The van der Waals surface area contributed by atoms with Crippen molar-refractivity contribution >= 4 is 22.5 Å². The molecule has 0 aliphatic rings. The van der Waals surface area contributed by atoms with Crippen molar-refractivity contribution in [2.45, 2.75) is 26.7 Å². The third kappa shape index (κ3) is 4.66. The second kappa shape index (κ2) is 9.01. The number of amides is 1. The van der Waals surface area contributed by atoms with Crippen LogP contribution >= 0.6 is 0 Å². The normalized spacial score (nSPS) is 10.2. The maximum absolute atomic E-state index is 14.6. The first-order valence-corrected chi connectivity index (χ1v) is 9.14. The number of hydrogen-bond acceptors (Lipinski definition) is 3. The van der Waals surface area contributed by atoms with Crippen LogP contribution in [0.1, 0.15) is 35.8 Å². The van der Waals surface area contributed by atoms with Crippen LogP contribution < -0.4 is 10.1 Å². The predicted octanol–water partition coefficient (Wildman–Crippen LogP) is 5.12. The van der Waals surface area contributed by atoms with E-state index in [1.807, 2.05) is 26.0 Å². The number of pyridine rings is 1. The molecule has 0 aliphatic heterocycles. The van der Waals surface area contributed by atoms with Crippen LogP contribution in [0, 0.1) is 24.6 Å². The fourth-order valence-corrected chi connectivity index (χ4v) is 2.71. The molecule has 4 nitrogen and oxygen atoms in total. The van der Waals surface area contributed by atoms with Crippen LogP contribution in [-0.2, 0) is 0 Å². The minimum Gasteiger partial charge on any atom is -0.489 e. The quantitative estimate of drug-likeness (QED) is 0.497. The van der Waals surface area contributed by atoms with E-state index in [2.05, 4.69) is 22.1 Å². The molecule has 5 heteroatoms. The lowest BCUT2D eigenvalue weighted by molar-refractivity contribution is 0.102. The van der Waals surface area contributed by atoms with Crippen molar-refractivity contribution in [3.05, 3.63) is 65.6 Å². The summed E-state index contributed by atoms with van der Waals surface area (Å²) in [5.41, 5.74) is 2.22. The smallest absolute Gasteiger partial charge is 0.255 e. The van der Waals surface area contributed by atoms with Gasteiger partial charge in [0.05, 0.1) is 17.8 Å². The first-order valence-electron chi connectivity index (χ1n) is 9.14. The number of aryl methyl sites for hydroxylation is 1. The van der Waals surface area contributed by atoms with Gasteiger partial charge in [0.1, 0.15) is 0 Å². The lowest BCUT2D eigenvalue weighted by atomic mass is 10.1. The summed E-state index contributed by atoms with van der Waals surface area (Å²) < 4.78 is 20.1. The molecule has 1 heterocycles. The molecule has 0 aliphatic carbocycles. The van der Waals surface area contributed by atoms with Gasteiger partial charge < -0.3 is 10.1 Å². The highest BCUT2D eigenvalue weighted by atomic mass is 19.1. The minimum atomic E-state index is -0.600. The average molecular weight is 376 g/mol. The largest absolute Gasteiger partial charge is 0.489 e. The van der Waals surface area contributed by atoms with E-state index in [0.717, 1.165) is 23.0 Å². The number of halogens is 1. The molecule has 1 aromatic heterocycles. The number of hydrogen-bond donors (Lipinski definition) is 1. The lowest BCUT2D eigenvalue weighted by Gasteiger charge is -2.11. The summed E-state index contributed by atoms with van der Waals surface area (Å²) in [5.74, 6) is 4.97. The van der Waals surface area contributed by atoms with Crippen molar-refractivity contribution in [3.8, 4) is 17.6 Å². The average Bonchev–Trinajstić information content (AvgIpc) is 2.70. The molecular formula is C23H21FN2O2. The van der Waals surface area contributed by atoms with Gasteiger partial charge in [-0.1, -0.05) is 25.0 Å². The van der Waals surface area contributed by atoms with Crippen molar-refractivity contribution in [2.75, 3.05) is 11.9 Å². The number of nitrogens with zero attached hydrogens (tertiary/aromatic N) is 1. The van der Waals surface area contributed by atoms with Crippen LogP contribution in [0.15, 0.2) is 48.5 Å². The van der Waals surface area contributed by atoms with Gasteiger partial charge >= 0.3 is 0 Å². The van der Waals surface area contributed by atoms with Gasteiger partial charge in [-0.05, 0) is 43.3 Å². The molecule has 28 heavy (non-hydrogen) atoms. The van der Waals surface area contributed by atoms with Crippen molar-refractivity contribution in [1.82, 2.24) is 4.98 Å². The molecule has 2 aromatic carbocycles. The Hall–Kier alpha value is -3.39. The van der Waals surface area contributed by atoms with Crippen LogP contribution in [0.4, 0.5) is 10.1 Å². The molecule has 0 fully saturated rings. The molecule has 0 unspecified atom stereocenters. The standard InChI is InChI=1S/C23H21FN2O2/c1-3-4-5-6-14-28-21-9-7-8-20(22(21)24)26-23(27)18-12-13-19-17(15-18)11-10-16(2)25-19/h7-13,15H,3,6,14H2,1-2H3,(H,26,27). The number of carbonyl (C=O) groups excluding carboxylic acids is 1. The zero-order chi connectivity index (χ0) is 19.9. The number of fused-ring (bicyclic) bond motifs is 1. The molecule has 0 radical (unpaired) electrons. The van der Waals surface area contributed by atoms with Gasteiger partial charge in [-0.3, -0.25) is 9.78 Å². The summed E-state index contributed by atoms with van der Waals surface area (Å²) in [6, 6.07) is 13.7. The summed E-state index contributed by atoms with van der Waals surface area (Å²) in [4.78, 5) is 17.0. The molecule has 0 saturated carbocycles. The molecule has 1 amide bonds. The summed E-state index contributed by atoms with van der Waals surface area (Å²) in [6.07, 6.45) is 1.30. The molecule has 3 aromatic rings. The first kappa shape index (κ1) is 19.4. The number of benzene rings is 2. The molecule has 0 bridgehead atoms. The van der Waals surface area contributed by atoms with Crippen LogP contribution in [-0.4, -0.2) is 17.5 Å². The predicted molar refractivity (Wildman–Crippen MR) is 109 cm³/mol. The number of aromatic nitrogens is 1. The maximum atomic E-state index is 14.6. The van der Waals surface area contributed by atoms with E-state index in [9.17, 15) is 9.18 Å². The molecule has 0 atom stereocenters. The van der Waals surface area contributed by atoms with E-state index >= 15 is 0 Å². The van der Waals surface area contributed by atoms with Gasteiger partial charge in [0, 0.05) is 29.5 Å². The lowest BCUT2D eigenvalue weighted by Crippen LogP contribution is -2.13. The van der Waals surface area contributed by atoms with Gasteiger partial charge in [-0.15, -0.1) is 5.92 Å². The Morgan fingerprint density at radius 3 is 2.86 bits per heavy atom. The molecule has 142 valence electrons. The molecular weight excluding hydrogens is 355 g/mol. The van der Waals surface area contributed by atoms with Crippen LogP contribution in [0.3, 0.4) is 0 Å². The van der Waals surface area contributed by atoms with E-state index in [-0.39, 0.29) is 11.4 Å². The Morgan fingerprint density at radius 2 is 2.04 bits per heavy atom. The van der Waals surface area contributed by atoms with E-state index in [1.165, 1.54) is 12.1 Å². The van der Waals surface area contributed by atoms with Crippen molar-refractivity contribution in [1.29, 1.82) is 0 Å². The van der Waals surface area contributed by atoms with Crippen molar-refractivity contribution in [2.24, 2.45) is 0 Å². The summed E-state index contributed by atoms with van der Waals surface area (Å²) in [6.45, 7) is 4.17. The van der Waals surface area contributed by atoms with E-state index in [0.29, 0.717) is 18.6 Å². The second-order valence-electron chi connectivity index (χ2n) is 6.24. The van der Waals surface area contributed by atoms with Gasteiger partial charge in [0.15, 0.2) is 11.6 Å². The fourth-order valence-electron chi connectivity index (χ4n) is 2.71. The van der Waals surface area contributed by atoms with Gasteiger partial charge in [0.2, 0.25) is 0 Å². The Balaban J connectivity index is 1.73. The van der Waals surface area contributed by atoms with Crippen LogP contribution in [0.25, 0.3) is 10.9 Å². The number of ether oxygens (including phenoxy) is 1. The van der Waals surface area contributed by atoms with Crippen LogP contribution in [0.5, 0.6) is 5.75 Å². The third-order valence-electron chi connectivity index (χ3n) is 4.09.